The quantitative estimate of drug-likeness (QED) is 0.565. The highest BCUT2D eigenvalue weighted by atomic mass is 32.2. The van der Waals surface area contributed by atoms with E-state index in [4.69, 9.17) is 9.47 Å². The molecule has 1 amide bonds. The number of anilines is 1. The van der Waals surface area contributed by atoms with Gasteiger partial charge in [-0.05, 0) is 56.5 Å². The highest BCUT2D eigenvalue weighted by molar-refractivity contribution is 7.98. The van der Waals surface area contributed by atoms with Gasteiger partial charge in [0.1, 0.15) is 17.1 Å². The van der Waals surface area contributed by atoms with E-state index in [9.17, 15) is 13.2 Å². The standard InChI is InChI=1S/C23H30N2O5S2/c1-14(2)22(26)24-18-12-16(8-10-21(18)31-6)32(27,28)25-19-13-23(3,4)30-20-9-7-15(29-5)11-17(19)20/h7-12,14,19,25H,13H2,1-6H3,(H,24,26). The predicted octanol–water partition coefficient (Wildman–Crippen LogP) is 4.59. The molecule has 0 saturated carbocycles. The molecule has 1 aliphatic rings. The lowest BCUT2D eigenvalue weighted by atomic mass is 9.90. The SMILES string of the molecule is COc1ccc2c(c1)C(NS(=O)(=O)c1ccc(SC)c(NC(=O)C(C)C)c1)CC(C)(C)O2. The molecule has 1 atom stereocenters. The summed E-state index contributed by atoms with van der Waals surface area (Å²) in [5.41, 5.74) is 0.656. The van der Waals surface area contributed by atoms with Crippen molar-refractivity contribution in [3.8, 4) is 11.5 Å². The maximum Gasteiger partial charge on any atom is 0.241 e. The number of methoxy groups -OCH3 is 1. The molecule has 1 aliphatic heterocycles. The van der Waals surface area contributed by atoms with Gasteiger partial charge in [-0.3, -0.25) is 4.79 Å². The highest BCUT2D eigenvalue weighted by Gasteiger charge is 2.36. The zero-order valence-corrected chi connectivity index (χ0v) is 20.8. The number of thioether (sulfide) groups is 1. The Hall–Kier alpha value is -2.23. The molecule has 1 unspecified atom stereocenters. The van der Waals surface area contributed by atoms with Crippen molar-refractivity contribution in [2.24, 2.45) is 5.92 Å². The number of sulfonamides is 1. The molecule has 174 valence electrons. The summed E-state index contributed by atoms with van der Waals surface area (Å²) in [6.45, 7) is 7.42. The van der Waals surface area contributed by atoms with Crippen LogP contribution in [0.5, 0.6) is 11.5 Å². The van der Waals surface area contributed by atoms with Crippen LogP contribution in [0.25, 0.3) is 0 Å². The van der Waals surface area contributed by atoms with E-state index >= 15 is 0 Å². The molecule has 9 heteroatoms. The van der Waals surface area contributed by atoms with Crippen LogP contribution in [0, 0.1) is 5.92 Å². The van der Waals surface area contributed by atoms with Gasteiger partial charge in [-0.15, -0.1) is 11.8 Å². The Morgan fingerprint density at radius 3 is 2.56 bits per heavy atom. The topological polar surface area (TPSA) is 93.7 Å². The van der Waals surface area contributed by atoms with Gasteiger partial charge >= 0.3 is 0 Å². The molecule has 2 aromatic carbocycles. The van der Waals surface area contributed by atoms with Gasteiger partial charge in [0, 0.05) is 22.8 Å². The maximum atomic E-state index is 13.3. The number of amides is 1. The molecule has 7 nitrogen and oxygen atoms in total. The Morgan fingerprint density at radius 1 is 1.22 bits per heavy atom. The Morgan fingerprint density at radius 2 is 1.94 bits per heavy atom. The predicted molar refractivity (Wildman–Crippen MR) is 127 cm³/mol. The number of hydrogen-bond donors (Lipinski definition) is 2. The Balaban J connectivity index is 1.96. The van der Waals surface area contributed by atoms with Gasteiger partial charge in [0.25, 0.3) is 0 Å². The summed E-state index contributed by atoms with van der Waals surface area (Å²) in [4.78, 5) is 13.1. The van der Waals surface area contributed by atoms with Crippen LogP contribution in [0.15, 0.2) is 46.2 Å². The van der Waals surface area contributed by atoms with Crippen molar-refractivity contribution in [2.75, 3.05) is 18.7 Å². The zero-order chi connectivity index (χ0) is 23.7. The van der Waals surface area contributed by atoms with Crippen LogP contribution in [0.3, 0.4) is 0 Å². The summed E-state index contributed by atoms with van der Waals surface area (Å²) in [7, 11) is -2.32. The summed E-state index contributed by atoms with van der Waals surface area (Å²) in [6, 6.07) is 9.65. The van der Waals surface area contributed by atoms with Crippen molar-refractivity contribution >= 4 is 33.4 Å². The molecular weight excluding hydrogens is 448 g/mol. The molecule has 0 aromatic heterocycles. The summed E-state index contributed by atoms with van der Waals surface area (Å²) < 4.78 is 40.9. The van der Waals surface area contributed by atoms with E-state index in [1.807, 2.05) is 20.1 Å². The normalized spacial score (nSPS) is 17.4. The van der Waals surface area contributed by atoms with Gasteiger partial charge in [0.15, 0.2) is 0 Å². The first kappa shape index (κ1) is 24.4. The third-order valence-electron chi connectivity index (χ3n) is 5.24. The average Bonchev–Trinajstić information content (AvgIpc) is 2.72. The third kappa shape index (κ3) is 5.39. The van der Waals surface area contributed by atoms with E-state index in [1.54, 1.807) is 51.3 Å². The van der Waals surface area contributed by atoms with Crippen LogP contribution in [-0.2, 0) is 14.8 Å². The smallest absolute Gasteiger partial charge is 0.241 e. The first-order valence-electron chi connectivity index (χ1n) is 10.3. The molecule has 0 radical (unpaired) electrons. The van der Waals surface area contributed by atoms with E-state index in [0.717, 1.165) is 10.5 Å². The fraction of sp³-hybridized carbons (Fsp3) is 0.435. The Bertz CT molecular complexity index is 1110. The fourth-order valence-corrected chi connectivity index (χ4v) is 5.32. The van der Waals surface area contributed by atoms with Crippen LogP contribution in [0.1, 0.15) is 45.7 Å². The summed E-state index contributed by atoms with van der Waals surface area (Å²) in [5, 5.41) is 2.83. The first-order valence-corrected chi connectivity index (χ1v) is 13.0. The fourth-order valence-electron chi connectivity index (χ4n) is 3.55. The Kier molecular flexibility index (Phi) is 7.12. The lowest BCUT2D eigenvalue weighted by Crippen LogP contribution is -2.41. The molecule has 0 aliphatic carbocycles. The summed E-state index contributed by atoms with van der Waals surface area (Å²) >= 11 is 1.44. The number of benzene rings is 2. The Labute approximate surface area is 194 Å². The molecule has 2 aromatic rings. The number of hydrogen-bond acceptors (Lipinski definition) is 6. The van der Waals surface area contributed by atoms with E-state index < -0.39 is 21.7 Å². The largest absolute Gasteiger partial charge is 0.497 e. The number of carbonyl (C=O) groups excluding carboxylic acids is 1. The second-order valence-electron chi connectivity index (χ2n) is 8.65. The lowest BCUT2D eigenvalue weighted by Gasteiger charge is -2.37. The third-order valence-corrected chi connectivity index (χ3v) is 7.50. The summed E-state index contributed by atoms with van der Waals surface area (Å²) in [5.74, 6) is 0.852. The molecule has 0 fully saturated rings. The van der Waals surface area contributed by atoms with Crippen molar-refractivity contribution in [3.63, 3.8) is 0 Å². The maximum absolute atomic E-state index is 13.3. The number of carbonyl (C=O) groups is 1. The summed E-state index contributed by atoms with van der Waals surface area (Å²) in [6.07, 6.45) is 2.33. The monoisotopic (exact) mass is 478 g/mol. The van der Waals surface area contributed by atoms with Gasteiger partial charge < -0.3 is 14.8 Å². The first-order chi connectivity index (χ1) is 15.0. The van der Waals surface area contributed by atoms with Gasteiger partial charge in [-0.2, -0.15) is 0 Å². The molecule has 0 spiro atoms. The van der Waals surface area contributed by atoms with Crippen molar-refractivity contribution in [1.82, 2.24) is 4.72 Å². The van der Waals surface area contributed by atoms with E-state index in [1.165, 1.54) is 17.8 Å². The minimum Gasteiger partial charge on any atom is -0.497 e. The minimum absolute atomic E-state index is 0.0862. The molecule has 0 saturated heterocycles. The number of ether oxygens (including phenoxy) is 2. The molecule has 1 heterocycles. The van der Waals surface area contributed by atoms with Crippen molar-refractivity contribution < 1.29 is 22.7 Å². The molecule has 0 bridgehead atoms. The van der Waals surface area contributed by atoms with E-state index in [-0.39, 0.29) is 16.7 Å². The van der Waals surface area contributed by atoms with Gasteiger partial charge in [-0.1, -0.05) is 13.8 Å². The molecular formula is C23H30N2O5S2. The number of fused-ring (bicyclic) bond motifs is 1. The lowest BCUT2D eigenvalue weighted by molar-refractivity contribution is -0.118. The van der Waals surface area contributed by atoms with Crippen LogP contribution in [0.4, 0.5) is 5.69 Å². The minimum atomic E-state index is -3.88. The van der Waals surface area contributed by atoms with Crippen LogP contribution in [-0.4, -0.2) is 33.3 Å². The number of rotatable bonds is 7. The number of nitrogens with one attached hydrogen (secondary N) is 2. The highest BCUT2D eigenvalue weighted by Crippen LogP contribution is 2.42. The van der Waals surface area contributed by atoms with Crippen LogP contribution >= 0.6 is 11.8 Å². The van der Waals surface area contributed by atoms with Gasteiger partial charge in [-0.25, -0.2) is 13.1 Å². The second-order valence-corrected chi connectivity index (χ2v) is 11.2. The second kappa shape index (κ2) is 9.33. The van der Waals surface area contributed by atoms with Crippen molar-refractivity contribution in [2.45, 2.75) is 55.5 Å². The van der Waals surface area contributed by atoms with E-state index in [0.29, 0.717) is 23.6 Å². The molecule has 2 N–H and O–H groups in total. The molecule has 32 heavy (non-hydrogen) atoms. The van der Waals surface area contributed by atoms with Gasteiger partial charge in [0.2, 0.25) is 15.9 Å². The van der Waals surface area contributed by atoms with Crippen molar-refractivity contribution in [3.05, 3.63) is 42.0 Å². The average molecular weight is 479 g/mol. The zero-order valence-electron chi connectivity index (χ0n) is 19.2. The molecule has 3 rings (SSSR count). The van der Waals surface area contributed by atoms with Gasteiger partial charge in [0.05, 0.1) is 23.7 Å². The van der Waals surface area contributed by atoms with Crippen LogP contribution < -0.4 is 19.5 Å². The van der Waals surface area contributed by atoms with E-state index in [2.05, 4.69) is 10.0 Å². The van der Waals surface area contributed by atoms with Crippen molar-refractivity contribution in [1.29, 1.82) is 0 Å². The van der Waals surface area contributed by atoms with Crippen LogP contribution in [0.2, 0.25) is 0 Å².